The maximum Gasteiger partial charge on any atom is 0.130 e. The summed E-state index contributed by atoms with van der Waals surface area (Å²) in [5.74, 6) is 0.829. The second kappa shape index (κ2) is 5.89. The average Bonchev–Trinajstić information content (AvgIpc) is 2.51. The molecule has 0 bridgehead atoms. The van der Waals surface area contributed by atoms with Crippen LogP contribution in [0.25, 0.3) is 0 Å². The van der Waals surface area contributed by atoms with Crippen LogP contribution in [0.15, 0.2) is 79.0 Å². The van der Waals surface area contributed by atoms with Gasteiger partial charge in [0.2, 0.25) is 0 Å². The Hall–Kier alpha value is -2.81. The molecule has 0 amide bonds. The summed E-state index contributed by atoms with van der Waals surface area (Å²) in [6.07, 6.45) is 1.77. The lowest BCUT2D eigenvalue weighted by Crippen LogP contribution is -1.98. The van der Waals surface area contributed by atoms with Crippen molar-refractivity contribution in [2.75, 3.05) is 10.6 Å². The molecule has 0 unspecified atom stereocenters. The van der Waals surface area contributed by atoms with E-state index in [-0.39, 0.29) is 0 Å². The minimum Gasteiger partial charge on any atom is -0.354 e. The molecule has 0 aliphatic carbocycles. The molecule has 0 atom stereocenters. The third kappa shape index (κ3) is 2.95. The molecule has 0 aliphatic rings. The van der Waals surface area contributed by atoms with Crippen LogP contribution < -0.4 is 10.6 Å². The fraction of sp³-hybridized carbons (Fsp3) is 0. The fourth-order valence-corrected chi connectivity index (χ4v) is 1.95. The maximum atomic E-state index is 4.28. The highest BCUT2D eigenvalue weighted by Crippen LogP contribution is 2.27. The Bertz CT molecular complexity index is 606. The van der Waals surface area contributed by atoms with E-state index in [4.69, 9.17) is 0 Å². The Labute approximate surface area is 118 Å². The van der Waals surface area contributed by atoms with Crippen molar-refractivity contribution in [3.05, 3.63) is 79.0 Å². The summed E-state index contributed by atoms with van der Waals surface area (Å²) in [6, 6.07) is 24.0. The van der Waals surface area contributed by atoms with E-state index < -0.39 is 0 Å². The normalized spacial score (nSPS) is 10.0. The van der Waals surface area contributed by atoms with Crippen LogP contribution >= 0.6 is 0 Å². The van der Waals surface area contributed by atoms with Gasteiger partial charge in [-0.1, -0.05) is 36.4 Å². The summed E-state index contributed by atoms with van der Waals surface area (Å²) in [7, 11) is 0. The highest BCUT2D eigenvalue weighted by Gasteiger charge is 2.02. The van der Waals surface area contributed by atoms with Crippen LogP contribution in [-0.4, -0.2) is 4.98 Å². The van der Waals surface area contributed by atoms with E-state index >= 15 is 0 Å². The summed E-state index contributed by atoms with van der Waals surface area (Å²) < 4.78 is 0. The van der Waals surface area contributed by atoms with Gasteiger partial charge < -0.3 is 10.6 Å². The minimum atomic E-state index is 0.829. The second-order valence-electron chi connectivity index (χ2n) is 4.38. The van der Waals surface area contributed by atoms with Gasteiger partial charge in [-0.2, -0.15) is 0 Å². The lowest BCUT2D eigenvalue weighted by atomic mass is 10.2. The summed E-state index contributed by atoms with van der Waals surface area (Å²) >= 11 is 0. The van der Waals surface area contributed by atoms with E-state index in [1.54, 1.807) is 6.20 Å². The molecule has 1 aromatic heterocycles. The van der Waals surface area contributed by atoms with E-state index in [1.165, 1.54) is 0 Å². The lowest BCUT2D eigenvalue weighted by Gasteiger charge is -2.13. The summed E-state index contributed by atoms with van der Waals surface area (Å²) in [5, 5.41) is 6.72. The van der Waals surface area contributed by atoms with Gasteiger partial charge in [-0.3, -0.25) is 0 Å². The van der Waals surface area contributed by atoms with Crippen molar-refractivity contribution in [1.82, 2.24) is 4.98 Å². The molecular weight excluding hydrogens is 246 g/mol. The molecule has 3 aromatic rings. The van der Waals surface area contributed by atoms with Crippen LogP contribution in [0.3, 0.4) is 0 Å². The first-order valence-electron chi connectivity index (χ1n) is 6.51. The van der Waals surface area contributed by atoms with Gasteiger partial charge in [0.25, 0.3) is 0 Å². The van der Waals surface area contributed by atoms with Crippen LogP contribution in [0.1, 0.15) is 0 Å². The number of benzene rings is 2. The SMILES string of the molecule is c1ccc(Nc2ccccc2Nc2ccccn2)cc1. The molecule has 1 heterocycles. The monoisotopic (exact) mass is 261 g/mol. The molecule has 0 spiro atoms. The highest BCUT2D eigenvalue weighted by atomic mass is 15.0. The second-order valence-corrected chi connectivity index (χ2v) is 4.38. The van der Waals surface area contributed by atoms with Gasteiger partial charge in [0.15, 0.2) is 0 Å². The van der Waals surface area contributed by atoms with Crippen molar-refractivity contribution in [3.8, 4) is 0 Å². The Morgan fingerprint density at radius 3 is 1.95 bits per heavy atom. The van der Waals surface area contributed by atoms with Gasteiger partial charge in [-0.25, -0.2) is 4.98 Å². The highest BCUT2D eigenvalue weighted by molar-refractivity contribution is 5.77. The van der Waals surface area contributed by atoms with Crippen molar-refractivity contribution in [1.29, 1.82) is 0 Å². The van der Waals surface area contributed by atoms with Crippen molar-refractivity contribution in [2.24, 2.45) is 0 Å². The first-order chi connectivity index (χ1) is 9.92. The molecule has 0 radical (unpaired) electrons. The molecule has 0 saturated heterocycles. The number of hydrogen-bond donors (Lipinski definition) is 2. The Morgan fingerprint density at radius 1 is 0.600 bits per heavy atom. The van der Waals surface area contributed by atoms with Crippen LogP contribution in [-0.2, 0) is 0 Å². The Balaban J connectivity index is 1.85. The standard InChI is InChI=1S/C17H15N3/c1-2-8-14(9-3-1)19-15-10-4-5-11-16(15)20-17-12-6-7-13-18-17/h1-13,19H,(H,18,20). The molecule has 2 N–H and O–H groups in total. The zero-order chi connectivity index (χ0) is 13.6. The molecule has 0 saturated carbocycles. The van der Waals surface area contributed by atoms with E-state index in [0.717, 1.165) is 22.9 Å². The first kappa shape index (κ1) is 12.2. The number of para-hydroxylation sites is 3. The number of aromatic nitrogens is 1. The number of anilines is 4. The smallest absolute Gasteiger partial charge is 0.130 e. The molecule has 3 rings (SSSR count). The molecule has 0 aliphatic heterocycles. The largest absolute Gasteiger partial charge is 0.354 e. The molecule has 3 nitrogen and oxygen atoms in total. The van der Waals surface area contributed by atoms with Crippen molar-refractivity contribution >= 4 is 22.9 Å². The molecule has 20 heavy (non-hydrogen) atoms. The summed E-state index contributed by atoms with van der Waals surface area (Å²) in [4.78, 5) is 4.28. The van der Waals surface area contributed by atoms with Crippen LogP contribution in [0.2, 0.25) is 0 Å². The van der Waals surface area contributed by atoms with Gasteiger partial charge in [-0.15, -0.1) is 0 Å². The predicted octanol–water partition coefficient (Wildman–Crippen LogP) is 4.57. The van der Waals surface area contributed by atoms with E-state index in [9.17, 15) is 0 Å². The van der Waals surface area contributed by atoms with Crippen LogP contribution in [0.4, 0.5) is 22.9 Å². The maximum absolute atomic E-state index is 4.28. The number of hydrogen-bond acceptors (Lipinski definition) is 3. The number of nitrogens with zero attached hydrogens (tertiary/aromatic N) is 1. The fourth-order valence-electron chi connectivity index (χ4n) is 1.95. The van der Waals surface area contributed by atoms with E-state index in [0.29, 0.717) is 0 Å². The number of nitrogens with one attached hydrogen (secondary N) is 2. The van der Waals surface area contributed by atoms with Gasteiger partial charge >= 0.3 is 0 Å². The van der Waals surface area contributed by atoms with E-state index in [2.05, 4.69) is 15.6 Å². The third-order valence-corrected chi connectivity index (χ3v) is 2.91. The van der Waals surface area contributed by atoms with Crippen molar-refractivity contribution in [2.45, 2.75) is 0 Å². The Morgan fingerprint density at radius 2 is 1.25 bits per heavy atom. The zero-order valence-corrected chi connectivity index (χ0v) is 11.0. The van der Waals surface area contributed by atoms with Crippen LogP contribution in [0.5, 0.6) is 0 Å². The Kier molecular flexibility index (Phi) is 3.60. The van der Waals surface area contributed by atoms with Gasteiger partial charge in [0.1, 0.15) is 5.82 Å². The van der Waals surface area contributed by atoms with E-state index in [1.807, 2.05) is 72.8 Å². The minimum absolute atomic E-state index is 0.829. The van der Waals surface area contributed by atoms with Gasteiger partial charge in [0.05, 0.1) is 11.4 Å². The molecule has 98 valence electrons. The molecule has 2 aromatic carbocycles. The number of rotatable bonds is 4. The molecule has 0 fully saturated rings. The zero-order valence-electron chi connectivity index (χ0n) is 11.0. The van der Waals surface area contributed by atoms with Gasteiger partial charge in [0, 0.05) is 11.9 Å². The molecule has 3 heteroatoms. The lowest BCUT2D eigenvalue weighted by molar-refractivity contribution is 1.31. The number of pyridine rings is 1. The topological polar surface area (TPSA) is 37.0 Å². The third-order valence-electron chi connectivity index (χ3n) is 2.91. The van der Waals surface area contributed by atoms with Crippen molar-refractivity contribution in [3.63, 3.8) is 0 Å². The van der Waals surface area contributed by atoms with Gasteiger partial charge in [-0.05, 0) is 36.4 Å². The quantitative estimate of drug-likeness (QED) is 0.722. The first-order valence-corrected chi connectivity index (χ1v) is 6.51. The summed E-state index contributed by atoms with van der Waals surface area (Å²) in [6.45, 7) is 0. The summed E-state index contributed by atoms with van der Waals surface area (Å²) in [5.41, 5.74) is 3.07. The van der Waals surface area contributed by atoms with Crippen molar-refractivity contribution < 1.29 is 0 Å². The molecular formula is C17H15N3. The van der Waals surface area contributed by atoms with Crippen LogP contribution in [0, 0.1) is 0 Å². The average molecular weight is 261 g/mol. The predicted molar refractivity (Wildman–Crippen MR) is 83.7 cm³/mol.